The Morgan fingerprint density at radius 2 is 2.27 bits per heavy atom. The zero-order chi connectivity index (χ0) is 10.8. The van der Waals surface area contributed by atoms with Gasteiger partial charge in [0.05, 0.1) is 0 Å². The maximum atomic E-state index is 2.62. The van der Waals surface area contributed by atoms with E-state index >= 15 is 0 Å². The van der Waals surface area contributed by atoms with Crippen LogP contribution in [-0.4, -0.2) is 42.5 Å². The molecule has 1 aliphatic rings. The summed E-state index contributed by atoms with van der Waals surface area (Å²) in [5.74, 6) is 0. The predicted molar refractivity (Wildman–Crippen MR) is 66.4 cm³/mol. The van der Waals surface area contributed by atoms with Gasteiger partial charge in [-0.3, -0.25) is 4.90 Å². The normalized spacial score (nSPS) is 26.7. The number of rotatable bonds is 2. The molecule has 0 amide bonds. The van der Waals surface area contributed by atoms with Gasteiger partial charge >= 0.3 is 0 Å². The topological polar surface area (TPSA) is 6.48 Å². The summed E-state index contributed by atoms with van der Waals surface area (Å²) in [5, 5.41) is 2.17. The van der Waals surface area contributed by atoms with Gasteiger partial charge in [-0.05, 0) is 32.3 Å². The summed E-state index contributed by atoms with van der Waals surface area (Å²) in [6, 6.07) is 5.65. The minimum absolute atomic E-state index is 0.577. The van der Waals surface area contributed by atoms with Crippen LogP contribution in [0.2, 0.25) is 0 Å². The van der Waals surface area contributed by atoms with Crippen molar-refractivity contribution >= 4 is 11.3 Å². The zero-order valence-electron chi connectivity index (χ0n) is 9.81. The minimum atomic E-state index is 0.577. The van der Waals surface area contributed by atoms with Gasteiger partial charge in [0.15, 0.2) is 0 Å². The van der Waals surface area contributed by atoms with Gasteiger partial charge in [-0.2, -0.15) is 0 Å². The largest absolute Gasteiger partial charge is 0.304 e. The van der Waals surface area contributed by atoms with Crippen molar-refractivity contribution in [2.45, 2.75) is 25.9 Å². The number of hydrogen-bond donors (Lipinski definition) is 0. The summed E-state index contributed by atoms with van der Waals surface area (Å²) < 4.78 is 0. The van der Waals surface area contributed by atoms with Gasteiger partial charge in [0.1, 0.15) is 0 Å². The van der Waals surface area contributed by atoms with Gasteiger partial charge < -0.3 is 4.90 Å². The van der Waals surface area contributed by atoms with E-state index in [1.54, 1.807) is 0 Å². The zero-order valence-corrected chi connectivity index (χ0v) is 10.6. The molecule has 0 N–H and O–H groups in total. The fraction of sp³-hybridized carbons (Fsp3) is 0.667. The van der Waals surface area contributed by atoms with Gasteiger partial charge in [0, 0.05) is 36.6 Å². The van der Waals surface area contributed by atoms with Crippen molar-refractivity contribution in [3.05, 3.63) is 22.4 Å². The molecular weight excluding hydrogens is 204 g/mol. The molecule has 3 heteroatoms. The number of nitrogens with zero attached hydrogens (tertiary/aromatic N) is 2. The molecule has 0 aromatic carbocycles. The Hall–Kier alpha value is -0.380. The van der Waals surface area contributed by atoms with E-state index in [0.29, 0.717) is 12.1 Å². The smallest absolute Gasteiger partial charge is 0.0417 e. The second-order valence-electron chi connectivity index (χ2n) is 4.54. The van der Waals surface area contributed by atoms with Gasteiger partial charge in [-0.15, -0.1) is 11.3 Å². The highest BCUT2D eigenvalue weighted by Crippen LogP contribution is 2.27. The average molecular weight is 224 g/mol. The molecule has 2 rings (SSSR count). The Morgan fingerprint density at radius 1 is 1.47 bits per heavy atom. The summed E-state index contributed by atoms with van der Waals surface area (Å²) >= 11 is 1.87. The predicted octanol–water partition coefficient (Wildman–Crippen LogP) is 2.45. The van der Waals surface area contributed by atoms with Gasteiger partial charge in [0.2, 0.25) is 0 Å². The molecule has 0 radical (unpaired) electrons. The fourth-order valence-corrected chi connectivity index (χ4v) is 3.23. The van der Waals surface area contributed by atoms with Crippen LogP contribution in [0.25, 0.3) is 0 Å². The van der Waals surface area contributed by atoms with E-state index < -0.39 is 0 Å². The van der Waals surface area contributed by atoms with E-state index in [1.165, 1.54) is 24.5 Å². The fourth-order valence-electron chi connectivity index (χ4n) is 2.42. The van der Waals surface area contributed by atoms with Gasteiger partial charge in [0.25, 0.3) is 0 Å². The summed E-state index contributed by atoms with van der Waals surface area (Å²) in [6.07, 6.45) is 0. The third-order valence-electron chi connectivity index (χ3n) is 3.33. The number of hydrogen-bond acceptors (Lipinski definition) is 3. The third kappa shape index (κ3) is 2.41. The van der Waals surface area contributed by atoms with Crippen molar-refractivity contribution < 1.29 is 0 Å². The standard InChI is InChI=1S/C12H20N2S/c1-10-9-13(3)6-7-14(10)11(2)12-5-4-8-15-12/h4-5,8,10-11H,6-7,9H2,1-3H3. The van der Waals surface area contributed by atoms with E-state index in [9.17, 15) is 0 Å². The molecule has 2 nitrogen and oxygen atoms in total. The highest BCUT2D eigenvalue weighted by Gasteiger charge is 2.26. The van der Waals surface area contributed by atoms with Crippen molar-refractivity contribution in [2.75, 3.05) is 26.7 Å². The molecule has 1 aliphatic heterocycles. The molecule has 0 spiro atoms. The molecule has 84 valence electrons. The highest BCUT2D eigenvalue weighted by molar-refractivity contribution is 7.10. The van der Waals surface area contributed by atoms with E-state index in [4.69, 9.17) is 0 Å². The molecular formula is C12H20N2S. The maximum Gasteiger partial charge on any atom is 0.0417 e. The molecule has 0 aliphatic carbocycles. The lowest BCUT2D eigenvalue weighted by Crippen LogP contribution is -2.50. The lowest BCUT2D eigenvalue weighted by Gasteiger charge is -2.41. The van der Waals surface area contributed by atoms with Crippen molar-refractivity contribution in [3.8, 4) is 0 Å². The molecule has 1 aromatic rings. The van der Waals surface area contributed by atoms with Crippen LogP contribution in [0.3, 0.4) is 0 Å². The van der Waals surface area contributed by atoms with E-state index in [0.717, 1.165) is 0 Å². The lowest BCUT2D eigenvalue weighted by molar-refractivity contribution is 0.0686. The van der Waals surface area contributed by atoms with Crippen molar-refractivity contribution in [1.29, 1.82) is 0 Å². The number of likely N-dealkylation sites (N-methyl/N-ethyl adjacent to an activating group) is 1. The first-order chi connectivity index (χ1) is 7.18. The first-order valence-corrected chi connectivity index (χ1v) is 6.54. The van der Waals surface area contributed by atoms with E-state index in [2.05, 4.69) is 48.2 Å². The SMILES string of the molecule is CC1CN(C)CCN1C(C)c1cccs1. The second-order valence-corrected chi connectivity index (χ2v) is 5.52. The monoisotopic (exact) mass is 224 g/mol. The van der Waals surface area contributed by atoms with Gasteiger partial charge in [-0.25, -0.2) is 0 Å². The Bertz CT molecular complexity index is 297. The quantitative estimate of drug-likeness (QED) is 0.761. The summed E-state index contributed by atoms with van der Waals surface area (Å²) in [4.78, 5) is 6.53. The molecule has 2 atom stereocenters. The first-order valence-electron chi connectivity index (χ1n) is 5.66. The lowest BCUT2D eigenvalue weighted by atomic mass is 10.1. The van der Waals surface area contributed by atoms with Crippen LogP contribution in [0, 0.1) is 0 Å². The van der Waals surface area contributed by atoms with Crippen LogP contribution in [0.1, 0.15) is 24.8 Å². The molecule has 2 heterocycles. The summed E-state index contributed by atoms with van der Waals surface area (Å²) in [6.45, 7) is 8.24. The van der Waals surface area contributed by atoms with Crippen molar-refractivity contribution in [3.63, 3.8) is 0 Å². The van der Waals surface area contributed by atoms with E-state index in [1.807, 2.05) is 11.3 Å². The molecule has 1 saturated heterocycles. The summed E-state index contributed by atoms with van der Waals surface area (Å²) in [5.41, 5.74) is 0. The molecule has 1 fully saturated rings. The number of thiophene rings is 1. The Kier molecular flexibility index (Phi) is 3.44. The van der Waals surface area contributed by atoms with Crippen molar-refractivity contribution in [2.24, 2.45) is 0 Å². The average Bonchev–Trinajstić information content (AvgIpc) is 2.69. The molecule has 1 aromatic heterocycles. The Balaban J connectivity index is 2.04. The Morgan fingerprint density at radius 3 is 2.87 bits per heavy atom. The van der Waals surface area contributed by atoms with Gasteiger partial charge in [-0.1, -0.05) is 6.07 Å². The molecule has 15 heavy (non-hydrogen) atoms. The number of piperazine rings is 1. The highest BCUT2D eigenvalue weighted by atomic mass is 32.1. The molecule has 2 unspecified atom stereocenters. The Labute approximate surface area is 96.5 Å². The maximum absolute atomic E-state index is 2.62. The van der Waals surface area contributed by atoms with Crippen LogP contribution >= 0.6 is 11.3 Å². The first kappa shape index (κ1) is 11.1. The van der Waals surface area contributed by atoms with Crippen LogP contribution in [-0.2, 0) is 0 Å². The van der Waals surface area contributed by atoms with E-state index in [-0.39, 0.29) is 0 Å². The van der Waals surface area contributed by atoms with Crippen LogP contribution in [0.5, 0.6) is 0 Å². The minimum Gasteiger partial charge on any atom is -0.304 e. The third-order valence-corrected chi connectivity index (χ3v) is 4.38. The molecule has 0 saturated carbocycles. The molecule has 0 bridgehead atoms. The van der Waals surface area contributed by atoms with Crippen LogP contribution in [0.4, 0.5) is 0 Å². The van der Waals surface area contributed by atoms with Crippen LogP contribution in [0.15, 0.2) is 17.5 Å². The second kappa shape index (κ2) is 4.64. The van der Waals surface area contributed by atoms with Crippen molar-refractivity contribution in [1.82, 2.24) is 9.80 Å². The summed E-state index contributed by atoms with van der Waals surface area (Å²) in [7, 11) is 2.21. The van der Waals surface area contributed by atoms with Crippen LogP contribution < -0.4 is 0 Å².